The van der Waals surface area contributed by atoms with Gasteiger partial charge in [0.25, 0.3) is 5.91 Å². The molecule has 188 valence electrons. The standard InChI is InChI=1S/C24H26FN7O4/c25-15-9-19(24(36)29-17-2-1-3-20(17)33)31(11-15)21(34)12-32-18-5-4-13(14-6-7-27-28-10-14)8-16(18)22(30-32)23(26)35/h4-8,10,15,17,19-20,33H,1-3,9,11-12H2,(H2,26,35)(H,29,36). The van der Waals surface area contributed by atoms with Gasteiger partial charge in [-0.05, 0) is 43.0 Å². The second-order valence-corrected chi connectivity index (χ2v) is 9.24. The molecular weight excluding hydrogens is 469 g/mol. The third-order valence-electron chi connectivity index (χ3n) is 6.87. The van der Waals surface area contributed by atoms with Crippen LogP contribution in [0.2, 0.25) is 0 Å². The number of likely N-dealkylation sites (tertiary alicyclic amines) is 1. The Labute approximate surface area is 205 Å². The van der Waals surface area contributed by atoms with Gasteiger partial charge in [0.15, 0.2) is 5.69 Å². The molecule has 1 aliphatic heterocycles. The number of fused-ring (bicyclic) bond motifs is 1. The molecule has 4 unspecified atom stereocenters. The minimum Gasteiger partial charge on any atom is -0.391 e. The van der Waals surface area contributed by atoms with Crippen molar-refractivity contribution in [2.45, 2.75) is 56.6 Å². The van der Waals surface area contributed by atoms with Gasteiger partial charge in [-0.3, -0.25) is 19.1 Å². The van der Waals surface area contributed by atoms with E-state index in [0.29, 0.717) is 23.7 Å². The zero-order valence-electron chi connectivity index (χ0n) is 19.4. The minimum absolute atomic E-state index is 0.00373. The zero-order chi connectivity index (χ0) is 25.4. The summed E-state index contributed by atoms with van der Waals surface area (Å²) in [5, 5.41) is 25.1. The van der Waals surface area contributed by atoms with Crippen molar-refractivity contribution in [1.82, 2.24) is 30.2 Å². The lowest BCUT2D eigenvalue weighted by Gasteiger charge is -2.26. The Morgan fingerprint density at radius 1 is 1.17 bits per heavy atom. The number of aromatic nitrogens is 4. The van der Waals surface area contributed by atoms with Crippen LogP contribution < -0.4 is 11.1 Å². The van der Waals surface area contributed by atoms with E-state index in [2.05, 4.69) is 20.6 Å². The van der Waals surface area contributed by atoms with E-state index in [9.17, 15) is 23.9 Å². The van der Waals surface area contributed by atoms with Gasteiger partial charge < -0.3 is 21.1 Å². The number of aliphatic hydroxyl groups is 1. The van der Waals surface area contributed by atoms with Crippen molar-refractivity contribution in [3.63, 3.8) is 0 Å². The number of halogens is 1. The second kappa shape index (κ2) is 9.61. The number of rotatable bonds is 6. The molecule has 1 aliphatic carbocycles. The van der Waals surface area contributed by atoms with Gasteiger partial charge in [-0.1, -0.05) is 6.07 Å². The minimum atomic E-state index is -1.34. The maximum absolute atomic E-state index is 14.3. The number of benzene rings is 1. The molecule has 3 aromatic rings. The number of carbonyl (C=O) groups is 3. The van der Waals surface area contributed by atoms with Gasteiger partial charge in [-0.15, -0.1) is 0 Å². The Morgan fingerprint density at radius 3 is 2.69 bits per heavy atom. The maximum atomic E-state index is 14.3. The highest BCUT2D eigenvalue weighted by molar-refractivity contribution is 6.05. The van der Waals surface area contributed by atoms with Gasteiger partial charge >= 0.3 is 0 Å². The van der Waals surface area contributed by atoms with Crippen LogP contribution in [0.3, 0.4) is 0 Å². The molecule has 1 saturated heterocycles. The third-order valence-corrected chi connectivity index (χ3v) is 6.87. The number of nitrogens with two attached hydrogens (primary N) is 1. The Bertz CT molecular complexity index is 1310. The first-order chi connectivity index (χ1) is 17.3. The average Bonchev–Trinajstić information content (AvgIpc) is 3.56. The lowest BCUT2D eigenvalue weighted by Crippen LogP contribution is -2.51. The Hall–Kier alpha value is -3.93. The summed E-state index contributed by atoms with van der Waals surface area (Å²) in [6, 6.07) is 5.63. The Morgan fingerprint density at radius 2 is 2.00 bits per heavy atom. The van der Waals surface area contributed by atoms with Gasteiger partial charge in [0.2, 0.25) is 11.8 Å². The van der Waals surface area contributed by atoms with Crippen molar-refractivity contribution in [3.05, 3.63) is 42.4 Å². The van der Waals surface area contributed by atoms with Crippen LogP contribution in [-0.4, -0.2) is 78.6 Å². The van der Waals surface area contributed by atoms with Gasteiger partial charge in [0, 0.05) is 17.4 Å². The summed E-state index contributed by atoms with van der Waals surface area (Å²) < 4.78 is 15.7. The number of hydrogen-bond acceptors (Lipinski definition) is 7. The molecule has 1 saturated carbocycles. The molecule has 2 fully saturated rings. The summed E-state index contributed by atoms with van der Waals surface area (Å²) in [5.74, 6) is -1.74. The number of nitrogens with one attached hydrogen (secondary N) is 1. The molecular formula is C24H26FN7O4. The number of hydrogen-bond donors (Lipinski definition) is 3. The molecule has 12 heteroatoms. The zero-order valence-corrected chi connectivity index (χ0v) is 19.4. The smallest absolute Gasteiger partial charge is 0.269 e. The van der Waals surface area contributed by atoms with E-state index in [1.807, 2.05) is 0 Å². The summed E-state index contributed by atoms with van der Waals surface area (Å²) in [6.07, 6.45) is 3.05. The summed E-state index contributed by atoms with van der Waals surface area (Å²) in [6.45, 7) is -0.520. The topological polar surface area (TPSA) is 156 Å². The fourth-order valence-electron chi connectivity index (χ4n) is 5.04. The Kier molecular flexibility index (Phi) is 6.35. The number of amides is 3. The fraction of sp³-hybridized carbons (Fsp3) is 0.417. The Balaban J connectivity index is 1.39. The van der Waals surface area contributed by atoms with Crippen molar-refractivity contribution in [1.29, 1.82) is 0 Å². The molecule has 2 aromatic heterocycles. The maximum Gasteiger partial charge on any atom is 0.269 e. The van der Waals surface area contributed by atoms with Crippen LogP contribution in [0.1, 0.15) is 36.2 Å². The van der Waals surface area contributed by atoms with Crippen LogP contribution in [0.15, 0.2) is 36.7 Å². The molecule has 3 heterocycles. The van der Waals surface area contributed by atoms with E-state index in [1.165, 1.54) is 9.58 Å². The van der Waals surface area contributed by atoms with Crippen molar-refractivity contribution in [2.75, 3.05) is 6.54 Å². The van der Waals surface area contributed by atoms with E-state index in [1.54, 1.807) is 36.7 Å². The highest BCUT2D eigenvalue weighted by Crippen LogP contribution is 2.28. The van der Waals surface area contributed by atoms with Crippen LogP contribution >= 0.6 is 0 Å². The number of carbonyl (C=O) groups excluding carboxylic acids is 3. The molecule has 4 atom stereocenters. The quantitative estimate of drug-likeness (QED) is 0.451. The first-order valence-electron chi connectivity index (χ1n) is 11.8. The fourth-order valence-corrected chi connectivity index (χ4v) is 5.04. The first kappa shape index (κ1) is 23.8. The normalized spacial score (nSPS) is 23.8. The molecule has 0 bridgehead atoms. The predicted molar refractivity (Wildman–Crippen MR) is 126 cm³/mol. The molecule has 1 aromatic carbocycles. The van der Waals surface area contributed by atoms with E-state index in [-0.39, 0.29) is 25.2 Å². The molecule has 0 radical (unpaired) electrons. The van der Waals surface area contributed by atoms with Crippen LogP contribution in [0.25, 0.3) is 22.0 Å². The van der Waals surface area contributed by atoms with Gasteiger partial charge in [-0.2, -0.15) is 15.3 Å². The molecule has 0 spiro atoms. The molecule has 2 aliphatic rings. The number of primary amides is 1. The molecule has 4 N–H and O–H groups in total. The lowest BCUT2D eigenvalue weighted by molar-refractivity contribution is -0.139. The third kappa shape index (κ3) is 4.51. The van der Waals surface area contributed by atoms with Crippen molar-refractivity contribution >= 4 is 28.6 Å². The summed E-state index contributed by atoms with van der Waals surface area (Å²) in [5.41, 5.74) is 7.58. The number of alkyl halides is 1. The molecule has 36 heavy (non-hydrogen) atoms. The SMILES string of the molecule is NC(=O)c1nn(CC(=O)N2CC(F)CC2C(=O)NC2CCCC2O)c2ccc(-c3ccnnc3)cc12. The number of aliphatic hydroxyl groups excluding tert-OH is 1. The van der Waals surface area contributed by atoms with E-state index in [0.717, 1.165) is 17.5 Å². The molecule has 5 rings (SSSR count). The summed E-state index contributed by atoms with van der Waals surface area (Å²) in [7, 11) is 0. The van der Waals surface area contributed by atoms with Gasteiger partial charge in [-0.25, -0.2) is 4.39 Å². The van der Waals surface area contributed by atoms with Gasteiger partial charge in [0.05, 0.1) is 36.6 Å². The lowest BCUT2D eigenvalue weighted by atomic mass is 10.0. The second-order valence-electron chi connectivity index (χ2n) is 9.24. The summed E-state index contributed by atoms with van der Waals surface area (Å²) >= 11 is 0. The van der Waals surface area contributed by atoms with Gasteiger partial charge in [0.1, 0.15) is 18.8 Å². The summed E-state index contributed by atoms with van der Waals surface area (Å²) in [4.78, 5) is 39.4. The van der Waals surface area contributed by atoms with Crippen molar-refractivity contribution in [3.8, 4) is 11.1 Å². The van der Waals surface area contributed by atoms with E-state index >= 15 is 0 Å². The largest absolute Gasteiger partial charge is 0.391 e. The van der Waals surface area contributed by atoms with Crippen molar-refractivity contribution < 1.29 is 23.9 Å². The van der Waals surface area contributed by atoms with Crippen LogP contribution in [0, 0.1) is 0 Å². The molecule has 11 nitrogen and oxygen atoms in total. The predicted octanol–water partition coefficient (Wildman–Crippen LogP) is 0.561. The highest BCUT2D eigenvalue weighted by atomic mass is 19.1. The van der Waals surface area contributed by atoms with Crippen LogP contribution in [0.5, 0.6) is 0 Å². The first-order valence-corrected chi connectivity index (χ1v) is 11.8. The monoisotopic (exact) mass is 495 g/mol. The molecule has 3 amide bonds. The van der Waals surface area contributed by atoms with E-state index in [4.69, 9.17) is 5.73 Å². The number of nitrogens with zero attached hydrogens (tertiary/aromatic N) is 5. The van der Waals surface area contributed by atoms with Crippen molar-refractivity contribution in [2.24, 2.45) is 5.73 Å². The van der Waals surface area contributed by atoms with Crippen LogP contribution in [-0.2, 0) is 16.1 Å². The average molecular weight is 496 g/mol. The van der Waals surface area contributed by atoms with Crippen LogP contribution in [0.4, 0.5) is 4.39 Å². The highest BCUT2D eigenvalue weighted by Gasteiger charge is 2.41. The van der Waals surface area contributed by atoms with E-state index < -0.39 is 42.1 Å².